The number of aryl methyl sites for hydroxylation is 4. The van der Waals surface area contributed by atoms with Gasteiger partial charge in [0.05, 0.1) is 49.7 Å². The van der Waals surface area contributed by atoms with E-state index in [2.05, 4.69) is 89.5 Å². The summed E-state index contributed by atoms with van der Waals surface area (Å²) in [6.07, 6.45) is 8.86. The van der Waals surface area contributed by atoms with Crippen LogP contribution >= 0.6 is 46.4 Å². The number of rotatable bonds is 27. The van der Waals surface area contributed by atoms with E-state index in [1.54, 1.807) is 29.2 Å². The van der Waals surface area contributed by atoms with E-state index in [0.717, 1.165) is 79.3 Å². The normalized spacial score (nSPS) is 20.6. The molecule has 4 fully saturated rings. The highest BCUT2D eigenvalue weighted by molar-refractivity contribution is 6.42. The molecule has 0 spiro atoms. The van der Waals surface area contributed by atoms with E-state index in [-0.39, 0.29) is 104 Å². The molecular formula is C79H88Cl4N6O6. The van der Waals surface area contributed by atoms with Crippen molar-refractivity contribution in [1.82, 2.24) is 19.6 Å². The lowest BCUT2D eigenvalue weighted by atomic mass is 9.66. The molecule has 4 aliphatic heterocycles. The first-order chi connectivity index (χ1) is 45.9. The molecular weight excluding hydrogens is 1270 g/mol. The molecule has 0 saturated carbocycles. The summed E-state index contributed by atoms with van der Waals surface area (Å²) in [6, 6.07) is 60.6. The maximum atomic E-state index is 14.7. The number of Topliss-reactive ketones (excluding diaryl/α,β-unsaturated/α-hetero) is 3. The summed E-state index contributed by atoms with van der Waals surface area (Å²) in [5, 5.41) is 1.80. The Hall–Kier alpha value is -7.00. The molecule has 4 heterocycles. The first kappa shape index (κ1) is 70.8. The second kappa shape index (κ2) is 33.8. The van der Waals surface area contributed by atoms with Crippen molar-refractivity contribution in [3.8, 4) is 0 Å². The van der Waals surface area contributed by atoms with Crippen LogP contribution in [0.3, 0.4) is 0 Å². The Morgan fingerprint density at radius 1 is 0.484 bits per heavy atom. The van der Waals surface area contributed by atoms with Gasteiger partial charge in [0.1, 0.15) is 5.78 Å². The van der Waals surface area contributed by atoms with Crippen LogP contribution in [0.5, 0.6) is 0 Å². The maximum Gasteiger partial charge on any atom is 0.240 e. The fourth-order valence-electron chi connectivity index (χ4n) is 15.1. The lowest BCUT2D eigenvalue weighted by molar-refractivity contribution is -0.142. The summed E-state index contributed by atoms with van der Waals surface area (Å²) >= 11 is 24.7. The van der Waals surface area contributed by atoms with Gasteiger partial charge in [-0.1, -0.05) is 217 Å². The molecule has 0 radical (unpaired) electrons. The number of nitrogens with two attached hydrogens (primary N) is 2. The van der Waals surface area contributed by atoms with Gasteiger partial charge in [-0.2, -0.15) is 0 Å². The molecule has 2 unspecified atom stereocenters. The summed E-state index contributed by atoms with van der Waals surface area (Å²) in [7, 11) is 0. The summed E-state index contributed by atoms with van der Waals surface area (Å²) in [4.78, 5) is 91.2. The van der Waals surface area contributed by atoms with Crippen LogP contribution in [0.1, 0.15) is 129 Å². The van der Waals surface area contributed by atoms with E-state index in [9.17, 15) is 28.8 Å². The van der Waals surface area contributed by atoms with Gasteiger partial charge in [0.15, 0.2) is 11.6 Å². The highest BCUT2D eigenvalue weighted by Gasteiger charge is 2.48. The molecule has 0 bridgehead atoms. The first-order valence-corrected chi connectivity index (χ1v) is 35.3. The third-order valence-corrected chi connectivity index (χ3v) is 21.5. The third-order valence-electron chi connectivity index (χ3n) is 20.0. The zero-order valence-corrected chi connectivity index (χ0v) is 57.3. The number of hydrogen-bond acceptors (Lipinski definition) is 9. The molecule has 4 aliphatic rings. The summed E-state index contributed by atoms with van der Waals surface area (Å²) < 4.78 is 0. The lowest BCUT2D eigenvalue weighted by Gasteiger charge is -2.36. The Kier molecular flexibility index (Phi) is 25.2. The summed E-state index contributed by atoms with van der Waals surface area (Å²) in [6.45, 7) is 4.71. The van der Waals surface area contributed by atoms with Crippen molar-refractivity contribution < 1.29 is 28.8 Å². The summed E-state index contributed by atoms with van der Waals surface area (Å²) in [5.41, 5.74) is 18.5. The quantitative estimate of drug-likeness (QED) is 0.0476. The van der Waals surface area contributed by atoms with Crippen molar-refractivity contribution in [2.45, 2.75) is 164 Å². The fourth-order valence-corrected chi connectivity index (χ4v) is 15.8. The number of primary amides is 1. The number of carbonyl (C=O) groups is 6. The van der Waals surface area contributed by atoms with Gasteiger partial charge in [-0.3, -0.25) is 38.6 Å². The number of benzene rings is 7. The van der Waals surface area contributed by atoms with Gasteiger partial charge in [0.25, 0.3) is 0 Å². The van der Waals surface area contributed by atoms with Gasteiger partial charge < -0.3 is 21.3 Å². The number of halogens is 4. The van der Waals surface area contributed by atoms with Crippen molar-refractivity contribution in [1.29, 1.82) is 0 Å². The molecule has 7 aromatic rings. The van der Waals surface area contributed by atoms with Crippen molar-refractivity contribution in [2.24, 2.45) is 17.4 Å². The van der Waals surface area contributed by atoms with Crippen LogP contribution in [0.4, 0.5) is 0 Å². The number of ketones is 3. The first-order valence-electron chi connectivity index (χ1n) is 33.8. The highest BCUT2D eigenvalue weighted by Crippen LogP contribution is 2.43. The standard InChI is InChI=1S/C50H52Cl2N2O3.C29H36Cl2N4O3/c1-36-32-47-49(57)53(31-30-42(54(47)35-36)25-22-37-14-6-2-7-15-37)46(48(56)29-24-38-23-27-44(51)45(52)33-38)28-26-43(55)34-50(39-16-8-3-9-17-39,40-18-10-4-11-19-40)41-20-12-5-13-21-41;30-23-10-7-20(16-24(23)31)8-12-27(36)25(11-13-28(33)37)34-15-14-22(9-6-19-4-2-1-3-5-19)35-18-21(32)17-26(35)29(34)38/h2-21,23,27,33,36,42,46-47H,22,24-26,28-32,34-35H2,1H3;1-5,7,10,16,21-22,25-26H,6,8-9,11-15,17-18,32H2,(H2,33,37)/t36-,42?,46-,47+;21-,22?,25-,26+/m11/s1. The van der Waals surface area contributed by atoms with E-state index in [4.69, 9.17) is 57.9 Å². The van der Waals surface area contributed by atoms with E-state index in [0.29, 0.717) is 64.9 Å². The molecule has 4 N–H and O–H groups in total. The lowest BCUT2D eigenvalue weighted by Crippen LogP contribution is -2.51. The van der Waals surface area contributed by atoms with Crippen molar-refractivity contribution in [3.05, 3.63) is 247 Å². The molecule has 8 atom stereocenters. The van der Waals surface area contributed by atoms with Gasteiger partial charge in [-0.25, -0.2) is 0 Å². The number of nitrogens with zero attached hydrogens (tertiary/aromatic N) is 4. The number of fused-ring (bicyclic) bond motifs is 2. The van der Waals surface area contributed by atoms with E-state index >= 15 is 0 Å². The fraction of sp³-hybridized carbons (Fsp3) is 0.392. The molecule has 16 heteroatoms. The SMILES string of the molecule is C[C@@H]1C[C@H]2C(=O)N([C@H](CCC(=O)CC(c3ccccc3)(c3ccccc3)c3ccccc3)C(=O)CCc3ccc(Cl)c(Cl)c3)CCC(CCc3ccccc3)N2C1.NC(=O)CC[C@H](C(=O)CCc1ccc(Cl)c(Cl)c1)N1CCC(CCc2ccccc2)N2C[C@H](N)C[C@H]2C1=O. The van der Waals surface area contributed by atoms with Crippen molar-refractivity contribution in [3.63, 3.8) is 0 Å². The maximum absolute atomic E-state index is 14.7. The predicted molar refractivity (Wildman–Crippen MR) is 381 cm³/mol. The van der Waals surface area contributed by atoms with Crippen LogP contribution in [-0.2, 0) is 59.9 Å². The molecule has 498 valence electrons. The minimum Gasteiger partial charge on any atom is -0.370 e. The Labute approximate surface area is 580 Å². The molecule has 95 heavy (non-hydrogen) atoms. The van der Waals surface area contributed by atoms with Crippen molar-refractivity contribution in [2.75, 3.05) is 26.2 Å². The Morgan fingerprint density at radius 3 is 1.31 bits per heavy atom. The third kappa shape index (κ3) is 18.2. The second-order valence-electron chi connectivity index (χ2n) is 26.5. The van der Waals surface area contributed by atoms with Gasteiger partial charge in [-0.05, 0) is 146 Å². The number of hydrogen-bond donors (Lipinski definition) is 2. The number of carbonyl (C=O) groups excluding carboxylic acids is 6. The van der Waals surface area contributed by atoms with Crippen LogP contribution < -0.4 is 11.5 Å². The Balaban J connectivity index is 0.000000225. The predicted octanol–water partition coefficient (Wildman–Crippen LogP) is 14.3. The number of amides is 3. The van der Waals surface area contributed by atoms with Crippen LogP contribution in [-0.4, -0.2) is 123 Å². The average Bonchev–Trinajstić information content (AvgIpc) is 1.76. The zero-order chi connectivity index (χ0) is 67.0. The average molecular weight is 1360 g/mol. The molecule has 3 amide bonds. The van der Waals surface area contributed by atoms with Gasteiger partial charge in [0.2, 0.25) is 17.7 Å². The van der Waals surface area contributed by atoms with E-state index in [1.165, 1.54) is 11.1 Å². The Bertz CT molecular complexity index is 3620. The van der Waals surface area contributed by atoms with Gasteiger partial charge in [0, 0.05) is 76.4 Å². The zero-order valence-electron chi connectivity index (χ0n) is 54.3. The van der Waals surface area contributed by atoms with E-state index in [1.807, 2.05) is 95.9 Å². The highest BCUT2D eigenvalue weighted by atomic mass is 35.5. The molecule has 11 rings (SSSR count). The molecule has 12 nitrogen and oxygen atoms in total. The molecule has 7 aromatic carbocycles. The molecule has 0 aliphatic carbocycles. The molecule has 4 saturated heterocycles. The topological polar surface area (TPSA) is 167 Å². The van der Waals surface area contributed by atoms with Crippen LogP contribution in [0, 0.1) is 5.92 Å². The minimum atomic E-state index is -0.737. The molecule has 0 aromatic heterocycles. The Morgan fingerprint density at radius 2 is 0.884 bits per heavy atom. The van der Waals surface area contributed by atoms with Crippen molar-refractivity contribution >= 4 is 81.5 Å². The minimum absolute atomic E-state index is 0.0223. The monoisotopic (exact) mass is 1360 g/mol. The van der Waals surface area contributed by atoms with E-state index < -0.39 is 23.4 Å². The smallest absolute Gasteiger partial charge is 0.240 e. The summed E-state index contributed by atoms with van der Waals surface area (Å²) in [5.74, 6) is -0.213. The second-order valence-corrected chi connectivity index (χ2v) is 28.1. The van der Waals surface area contributed by atoms with Crippen LogP contribution in [0.2, 0.25) is 20.1 Å². The largest absolute Gasteiger partial charge is 0.370 e. The van der Waals surface area contributed by atoms with Crippen LogP contribution in [0.15, 0.2) is 188 Å². The van der Waals surface area contributed by atoms with Crippen LogP contribution in [0.25, 0.3) is 0 Å². The van der Waals surface area contributed by atoms with Gasteiger partial charge in [-0.15, -0.1) is 0 Å². The van der Waals surface area contributed by atoms with Gasteiger partial charge >= 0.3 is 0 Å².